The molecule has 0 spiro atoms. The lowest BCUT2D eigenvalue weighted by Crippen LogP contribution is -1.96. The Balaban J connectivity index is 2.40. The van der Waals surface area contributed by atoms with Crippen LogP contribution in [0.5, 0.6) is 0 Å². The number of fused-ring (bicyclic) bond motifs is 1. The number of aryl methyl sites for hydroxylation is 3. The summed E-state index contributed by atoms with van der Waals surface area (Å²) in [5.41, 5.74) is 4.06. The van der Waals surface area contributed by atoms with E-state index in [2.05, 4.69) is 22.0 Å². The highest BCUT2D eigenvalue weighted by Gasteiger charge is 2.16. The molecule has 0 atom stereocenters. The lowest BCUT2D eigenvalue weighted by atomic mass is 10.1. The van der Waals surface area contributed by atoms with E-state index in [1.807, 2.05) is 48.7 Å². The Morgan fingerprint density at radius 2 is 1.89 bits per heavy atom. The van der Waals surface area contributed by atoms with Crippen LogP contribution < -0.4 is 0 Å². The number of aromatic nitrogens is 5. The topological polar surface area (TPSA) is 48.5 Å². The second-order valence-corrected chi connectivity index (χ2v) is 4.55. The minimum atomic E-state index is 0.906. The molecule has 0 N–H and O–H groups in total. The third-order valence-electron chi connectivity index (χ3n) is 3.40. The van der Waals surface area contributed by atoms with Crippen molar-refractivity contribution in [2.75, 3.05) is 0 Å². The van der Waals surface area contributed by atoms with Crippen molar-refractivity contribution in [3.05, 3.63) is 29.8 Å². The molecule has 3 rings (SSSR count). The fourth-order valence-corrected chi connectivity index (χ4v) is 2.23. The van der Waals surface area contributed by atoms with E-state index in [0.29, 0.717) is 0 Å². The third-order valence-corrected chi connectivity index (χ3v) is 3.40. The summed E-state index contributed by atoms with van der Waals surface area (Å²) in [7, 11) is 3.92. The fourth-order valence-electron chi connectivity index (χ4n) is 2.23. The van der Waals surface area contributed by atoms with Crippen LogP contribution in [0, 0.1) is 13.8 Å². The Bertz CT molecular complexity index is 735. The van der Waals surface area contributed by atoms with Gasteiger partial charge in [0.1, 0.15) is 11.5 Å². The van der Waals surface area contributed by atoms with Crippen LogP contribution in [0.3, 0.4) is 0 Å². The molecule has 0 saturated heterocycles. The highest BCUT2D eigenvalue weighted by molar-refractivity contribution is 5.92. The summed E-state index contributed by atoms with van der Waals surface area (Å²) in [6.07, 6.45) is 3.68. The van der Waals surface area contributed by atoms with Crippen molar-refractivity contribution in [3.63, 3.8) is 0 Å². The second-order valence-electron chi connectivity index (χ2n) is 4.55. The first-order valence-electron chi connectivity index (χ1n) is 5.86. The molecule has 0 aromatic carbocycles. The molecular formula is C13H15N5. The van der Waals surface area contributed by atoms with E-state index in [0.717, 1.165) is 28.2 Å². The van der Waals surface area contributed by atoms with E-state index in [1.54, 1.807) is 0 Å². The van der Waals surface area contributed by atoms with Crippen molar-refractivity contribution in [2.24, 2.45) is 14.1 Å². The average Bonchev–Trinajstić information content (AvgIpc) is 2.84. The number of hydrogen-bond acceptors (Lipinski definition) is 3. The normalized spacial score (nSPS) is 11.3. The Hall–Kier alpha value is -2.17. The molecule has 0 aliphatic heterocycles. The molecule has 0 amide bonds. The molecule has 3 aromatic rings. The number of imidazole rings is 1. The standard InChI is InChI=1S/C13H15N5/c1-8-5-6-14-13-11(8)12(16-18(13)4)10-7-15-9(2)17(10)3/h5-7H,1-4H3. The monoisotopic (exact) mass is 241 g/mol. The van der Waals surface area contributed by atoms with E-state index in [4.69, 9.17) is 0 Å². The molecule has 0 radical (unpaired) electrons. The van der Waals surface area contributed by atoms with Crippen LogP contribution in [0.1, 0.15) is 11.4 Å². The molecule has 0 bridgehead atoms. The number of hydrogen-bond donors (Lipinski definition) is 0. The first-order chi connectivity index (χ1) is 8.59. The predicted molar refractivity (Wildman–Crippen MR) is 70.2 cm³/mol. The molecule has 18 heavy (non-hydrogen) atoms. The van der Waals surface area contributed by atoms with Crippen molar-refractivity contribution in [2.45, 2.75) is 13.8 Å². The maximum atomic E-state index is 4.59. The van der Waals surface area contributed by atoms with Crippen LogP contribution in [0.2, 0.25) is 0 Å². The molecule has 0 aliphatic carbocycles. The smallest absolute Gasteiger partial charge is 0.158 e. The predicted octanol–water partition coefficient (Wildman–Crippen LogP) is 1.99. The first kappa shape index (κ1) is 11.0. The Morgan fingerprint density at radius 3 is 2.56 bits per heavy atom. The van der Waals surface area contributed by atoms with Crippen molar-refractivity contribution in [1.29, 1.82) is 0 Å². The Morgan fingerprint density at radius 1 is 1.11 bits per heavy atom. The summed E-state index contributed by atoms with van der Waals surface area (Å²) in [6, 6.07) is 2.01. The molecule has 92 valence electrons. The van der Waals surface area contributed by atoms with Gasteiger partial charge in [-0.3, -0.25) is 0 Å². The minimum Gasteiger partial charge on any atom is -0.330 e. The number of rotatable bonds is 1. The van der Waals surface area contributed by atoms with Crippen molar-refractivity contribution < 1.29 is 0 Å². The van der Waals surface area contributed by atoms with Gasteiger partial charge in [-0.1, -0.05) is 0 Å². The van der Waals surface area contributed by atoms with Gasteiger partial charge in [0.2, 0.25) is 0 Å². The van der Waals surface area contributed by atoms with E-state index in [-0.39, 0.29) is 0 Å². The van der Waals surface area contributed by atoms with Crippen LogP contribution >= 0.6 is 0 Å². The minimum absolute atomic E-state index is 0.906. The SMILES string of the molecule is Cc1ccnc2c1c(-c1cnc(C)n1C)nn2C. The molecule has 3 aromatic heterocycles. The van der Waals surface area contributed by atoms with Crippen LogP contribution in [0.4, 0.5) is 0 Å². The summed E-state index contributed by atoms with van der Waals surface area (Å²) in [5.74, 6) is 0.977. The van der Waals surface area contributed by atoms with Gasteiger partial charge in [0, 0.05) is 20.3 Å². The largest absolute Gasteiger partial charge is 0.330 e. The van der Waals surface area contributed by atoms with Gasteiger partial charge < -0.3 is 4.57 Å². The molecule has 3 heterocycles. The third kappa shape index (κ3) is 1.37. The second kappa shape index (κ2) is 3.66. The Kier molecular flexibility index (Phi) is 2.23. The highest BCUT2D eigenvalue weighted by atomic mass is 15.3. The van der Waals surface area contributed by atoms with Gasteiger partial charge in [0.25, 0.3) is 0 Å². The van der Waals surface area contributed by atoms with Gasteiger partial charge in [0.05, 0.1) is 17.3 Å². The fraction of sp³-hybridized carbons (Fsp3) is 0.308. The Labute approximate surface area is 105 Å². The van der Waals surface area contributed by atoms with Crippen LogP contribution in [-0.4, -0.2) is 24.3 Å². The molecule has 0 fully saturated rings. The lowest BCUT2D eigenvalue weighted by molar-refractivity contribution is 0.782. The zero-order valence-electron chi connectivity index (χ0n) is 11.0. The highest BCUT2D eigenvalue weighted by Crippen LogP contribution is 2.28. The summed E-state index contributed by atoms with van der Waals surface area (Å²) >= 11 is 0. The van der Waals surface area contributed by atoms with Gasteiger partial charge in [-0.15, -0.1) is 0 Å². The van der Waals surface area contributed by atoms with E-state index in [1.165, 1.54) is 5.56 Å². The van der Waals surface area contributed by atoms with Gasteiger partial charge in [-0.25, -0.2) is 14.6 Å². The summed E-state index contributed by atoms with van der Waals surface area (Å²) in [5, 5.41) is 5.69. The molecular weight excluding hydrogens is 226 g/mol. The van der Waals surface area contributed by atoms with Gasteiger partial charge >= 0.3 is 0 Å². The maximum Gasteiger partial charge on any atom is 0.158 e. The molecule has 5 nitrogen and oxygen atoms in total. The zero-order chi connectivity index (χ0) is 12.9. The lowest BCUT2D eigenvalue weighted by Gasteiger charge is -2.02. The molecule has 0 aliphatic rings. The van der Waals surface area contributed by atoms with Crippen molar-refractivity contribution in [1.82, 2.24) is 24.3 Å². The summed E-state index contributed by atoms with van der Waals surface area (Å²) in [4.78, 5) is 8.73. The molecule has 0 saturated carbocycles. The van der Waals surface area contributed by atoms with Gasteiger partial charge in [-0.2, -0.15) is 5.10 Å². The summed E-state index contributed by atoms with van der Waals surface area (Å²) in [6.45, 7) is 4.07. The number of pyridine rings is 1. The van der Waals surface area contributed by atoms with E-state index in [9.17, 15) is 0 Å². The average molecular weight is 241 g/mol. The van der Waals surface area contributed by atoms with Crippen molar-refractivity contribution >= 4 is 11.0 Å². The maximum absolute atomic E-state index is 4.59. The zero-order valence-corrected chi connectivity index (χ0v) is 11.0. The molecule has 0 unspecified atom stereocenters. The quantitative estimate of drug-likeness (QED) is 0.654. The van der Waals surface area contributed by atoms with Crippen molar-refractivity contribution in [3.8, 4) is 11.4 Å². The van der Waals surface area contributed by atoms with Gasteiger partial charge in [-0.05, 0) is 25.5 Å². The van der Waals surface area contributed by atoms with E-state index >= 15 is 0 Å². The first-order valence-corrected chi connectivity index (χ1v) is 5.86. The van der Waals surface area contributed by atoms with Crippen LogP contribution in [0.15, 0.2) is 18.5 Å². The molecule has 5 heteroatoms. The summed E-state index contributed by atoms with van der Waals surface area (Å²) < 4.78 is 3.87. The van der Waals surface area contributed by atoms with Gasteiger partial charge in [0.15, 0.2) is 5.65 Å². The van der Waals surface area contributed by atoms with E-state index < -0.39 is 0 Å². The van der Waals surface area contributed by atoms with Crippen LogP contribution in [-0.2, 0) is 14.1 Å². The van der Waals surface area contributed by atoms with Crippen LogP contribution in [0.25, 0.3) is 22.4 Å². The number of nitrogens with zero attached hydrogens (tertiary/aromatic N) is 5.